The Balaban J connectivity index is 1.63. The number of rotatable bonds is 5. The molecule has 23 heavy (non-hydrogen) atoms. The van der Waals surface area contributed by atoms with Gasteiger partial charge in [-0.2, -0.15) is 5.10 Å². The first-order valence-electron chi connectivity index (χ1n) is 7.82. The van der Waals surface area contributed by atoms with Gasteiger partial charge >= 0.3 is 5.97 Å². The molecule has 6 heteroatoms. The molecule has 1 aromatic heterocycles. The molecule has 1 aromatic carbocycles. The highest BCUT2D eigenvalue weighted by Gasteiger charge is 2.23. The number of aliphatic carboxylic acids is 1. The quantitative estimate of drug-likeness (QED) is 0.920. The van der Waals surface area contributed by atoms with Crippen molar-refractivity contribution in [3.8, 4) is 0 Å². The molecule has 2 aromatic rings. The second kappa shape index (κ2) is 6.91. The van der Waals surface area contributed by atoms with Crippen LogP contribution < -0.4 is 0 Å². The Bertz CT molecular complexity index is 686. The highest BCUT2D eigenvalue weighted by atomic mass is 19.1. The van der Waals surface area contributed by atoms with Crippen LogP contribution in [0.1, 0.15) is 30.0 Å². The Morgan fingerprint density at radius 1 is 1.39 bits per heavy atom. The molecule has 1 fully saturated rings. The van der Waals surface area contributed by atoms with E-state index in [4.69, 9.17) is 5.11 Å². The first-order chi connectivity index (χ1) is 11.1. The lowest BCUT2D eigenvalue weighted by Gasteiger charge is -2.32. The van der Waals surface area contributed by atoms with Crippen LogP contribution in [0.4, 0.5) is 4.39 Å². The van der Waals surface area contributed by atoms with E-state index in [1.807, 2.05) is 12.1 Å². The number of nitrogens with zero attached hydrogens (tertiary/aromatic N) is 3. The minimum Gasteiger partial charge on any atom is -0.480 e. The molecule has 122 valence electrons. The van der Waals surface area contributed by atoms with E-state index in [0.717, 1.165) is 43.7 Å². The smallest absolute Gasteiger partial charge is 0.325 e. The van der Waals surface area contributed by atoms with E-state index >= 15 is 0 Å². The molecule has 0 unspecified atom stereocenters. The molecule has 1 N–H and O–H groups in total. The monoisotopic (exact) mass is 317 g/mol. The lowest BCUT2D eigenvalue weighted by atomic mass is 9.94. The van der Waals surface area contributed by atoms with Crippen molar-refractivity contribution in [2.75, 3.05) is 13.1 Å². The second-order valence-electron chi connectivity index (χ2n) is 6.04. The summed E-state index contributed by atoms with van der Waals surface area (Å²) < 4.78 is 14.8. The third-order valence-corrected chi connectivity index (χ3v) is 4.18. The third kappa shape index (κ3) is 4.16. The molecule has 1 saturated heterocycles. The molecule has 0 radical (unpaired) electrons. The summed E-state index contributed by atoms with van der Waals surface area (Å²) >= 11 is 0. The van der Waals surface area contributed by atoms with Crippen LogP contribution in [0.25, 0.3) is 0 Å². The van der Waals surface area contributed by atoms with Crippen molar-refractivity contribution in [3.63, 3.8) is 0 Å². The zero-order chi connectivity index (χ0) is 16.2. The number of piperidine rings is 1. The number of likely N-dealkylation sites (tertiary alicyclic amines) is 1. The van der Waals surface area contributed by atoms with Gasteiger partial charge in [0.25, 0.3) is 0 Å². The van der Waals surface area contributed by atoms with Gasteiger partial charge < -0.3 is 5.11 Å². The van der Waals surface area contributed by atoms with Gasteiger partial charge in [-0.3, -0.25) is 14.4 Å². The summed E-state index contributed by atoms with van der Waals surface area (Å²) in [5.74, 6) is -0.799. The van der Waals surface area contributed by atoms with Crippen molar-refractivity contribution in [1.82, 2.24) is 14.7 Å². The molecule has 2 heterocycles. The van der Waals surface area contributed by atoms with E-state index in [0.29, 0.717) is 5.92 Å². The fourth-order valence-electron chi connectivity index (χ4n) is 3.16. The number of halogens is 1. The van der Waals surface area contributed by atoms with Gasteiger partial charge in [0.2, 0.25) is 0 Å². The summed E-state index contributed by atoms with van der Waals surface area (Å²) in [6, 6.07) is 8.61. The second-order valence-corrected chi connectivity index (χ2v) is 6.04. The van der Waals surface area contributed by atoms with E-state index in [1.165, 1.54) is 10.7 Å². The molecule has 1 atom stereocenters. The maximum Gasteiger partial charge on any atom is 0.325 e. The summed E-state index contributed by atoms with van der Waals surface area (Å²) in [7, 11) is 0. The van der Waals surface area contributed by atoms with E-state index in [-0.39, 0.29) is 12.4 Å². The van der Waals surface area contributed by atoms with Crippen LogP contribution in [0.2, 0.25) is 0 Å². The van der Waals surface area contributed by atoms with Gasteiger partial charge in [-0.1, -0.05) is 12.1 Å². The fourth-order valence-corrected chi connectivity index (χ4v) is 3.16. The molecule has 0 bridgehead atoms. The number of benzene rings is 1. The Morgan fingerprint density at radius 3 is 3.04 bits per heavy atom. The summed E-state index contributed by atoms with van der Waals surface area (Å²) in [4.78, 5) is 13.0. The molecule has 0 amide bonds. The number of carbonyl (C=O) groups is 1. The average molecular weight is 317 g/mol. The van der Waals surface area contributed by atoms with Gasteiger partial charge in [0.15, 0.2) is 0 Å². The van der Waals surface area contributed by atoms with Crippen LogP contribution in [0.3, 0.4) is 0 Å². The number of carboxylic acid groups (broad SMARTS) is 1. The van der Waals surface area contributed by atoms with Crippen molar-refractivity contribution in [2.45, 2.75) is 31.8 Å². The molecule has 3 rings (SSSR count). The van der Waals surface area contributed by atoms with Crippen molar-refractivity contribution >= 4 is 5.97 Å². The van der Waals surface area contributed by atoms with E-state index in [2.05, 4.69) is 10.00 Å². The molecule has 5 nitrogen and oxygen atoms in total. The lowest BCUT2D eigenvalue weighted by Crippen LogP contribution is -2.34. The average Bonchev–Trinajstić information content (AvgIpc) is 2.95. The van der Waals surface area contributed by atoms with Gasteiger partial charge in [0, 0.05) is 25.2 Å². The Labute approximate surface area is 134 Å². The summed E-state index contributed by atoms with van der Waals surface area (Å²) in [6.07, 6.45) is 3.82. The van der Waals surface area contributed by atoms with Crippen LogP contribution in [0.15, 0.2) is 36.5 Å². The molecular weight excluding hydrogens is 297 g/mol. The van der Waals surface area contributed by atoms with Crippen LogP contribution in [-0.4, -0.2) is 38.8 Å². The maximum absolute atomic E-state index is 13.3. The normalized spacial score (nSPS) is 18.9. The van der Waals surface area contributed by atoms with Crippen LogP contribution in [-0.2, 0) is 17.9 Å². The molecular formula is C17H20FN3O2. The minimum absolute atomic E-state index is 0.111. The van der Waals surface area contributed by atoms with Crippen molar-refractivity contribution in [2.24, 2.45) is 0 Å². The van der Waals surface area contributed by atoms with Gasteiger partial charge in [-0.15, -0.1) is 0 Å². The van der Waals surface area contributed by atoms with E-state index in [1.54, 1.807) is 18.3 Å². The molecule has 1 aliphatic rings. The zero-order valence-corrected chi connectivity index (χ0v) is 12.9. The largest absolute Gasteiger partial charge is 0.480 e. The van der Waals surface area contributed by atoms with Crippen LogP contribution in [0, 0.1) is 5.82 Å². The van der Waals surface area contributed by atoms with Crippen molar-refractivity contribution in [1.29, 1.82) is 0 Å². The highest BCUT2D eigenvalue weighted by Crippen LogP contribution is 2.26. The predicted molar refractivity (Wildman–Crippen MR) is 83.5 cm³/mol. The SMILES string of the molecule is O=C(O)Cn1ccc([C@@H]2CCCN(Cc3cccc(F)c3)C2)n1. The first kappa shape index (κ1) is 15.7. The summed E-state index contributed by atoms with van der Waals surface area (Å²) in [6.45, 7) is 2.47. The van der Waals surface area contributed by atoms with Gasteiger partial charge in [0.1, 0.15) is 12.4 Å². The topological polar surface area (TPSA) is 58.4 Å². The standard InChI is InChI=1S/C17H20FN3O2/c18-15-5-1-3-13(9-15)10-20-7-2-4-14(11-20)16-6-8-21(19-16)12-17(22)23/h1,3,5-6,8-9,14H,2,4,7,10-12H2,(H,22,23)/t14-/m1/s1. The minimum atomic E-state index is -0.893. The van der Waals surface area contributed by atoms with Crippen molar-refractivity contribution < 1.29 is 14.3 Å². The van der Waals surface area contributed by atoms with E-state index in [9.17, 15) is 9.18 Å². The van der Waals surface area contributed by atoms with E-state index < -0.39 is 5.97 Å². The zero-order valence-electron chi connectivity index (χ0n) is 12.9. The fraction of sp³-hybridized carbons (Fsp3) is 0.412. The lowest BCUT2D eigenvalue weighted by molar-refractivity contribution is -0.137. The van der Waals surface area contributed by atoms with Gasteiger partial charge in [-0.25, -0.2) is 4.39 Å². The summed E-state index contributed by atoms with van der Waals surface area (Å²) in [5.41, 5.74) is 1.91. The number of carboxylic acids is 1. The number of hydrogen-bond donors (Lipinski definition) is 1. The number of aromatic nitrogens is 2. The first-order valence-corrected chi connectivity index (χ1v) is 7.82. The van der Waals surface area contributed by atoms with Crippen molar-refractivity contribution in [3.05, 3.63) is 53.6 Å². The molecule has 0 spiro atoms. The Hall–Kier alpha value is -2.21. The third-order valence-electron chi connectivity index (χ3n) is 4.18. The molecule has 1 aliphatic heterocycles. The maximum atomic E-state index is 13.3. The number of hydrogen-bond acceptors (Lipinski definition) is 3. The van der Waals surface area contributed by atoms with Gasteiger partial charge in [-0.05, 0) is 43.1 Å². The Kier molecular flexibility index (Phi) is 4.71. The van der Waals surface area contributed by atoms with Crippen LogP contribution in [0.5, 0.6) is 0 Å². The highest BCUT2D eigenvalue weighted by molar-refractivity contribution is 5.66. The van der Waals surface area contributed by atoms with Gasteiger partial charge in [0.05, 0.1) is 5.69 Å². The predicted octanol–water partition coefficient (Wildman–Crippen LogP) is 2.49. The Morgan fingerprint density at radius 2 is 2.26 bits per heavy atom. The molecule has 0 aliphatic carbocycles. The summed E-state index contributed by atoms with van der Waals surface area (Å²) in [5, 5.41) is 13.2. The van der Waals surface area contributed by atoms with Crippen LogP contribution >= 0.6 is 0 Å². The molecule has 0 saturated carbocycles.